The van der Waals surface area contributed by atoms with Crippen LogP contribution < -0.4 is 0 Å². The first-order chi connectivity index (χ1) is 16.0. The van der Waals surface area contributed by atoms with Crippen molar-refractivity contribution in [3.05, 3.63) is 0 Å². The van der Waals surface area contributed by atoms with Gasteiger partial charge in [-0.05, 0) is 0 Å². The fourth-order valence-corrected chi connectivity index (χ4v) is 4.12. The molecule has 0 unspecified atom stereocenters. The van der Waals surface area contributed by atoms with Crippen LogP contribution in [0.25, 0.3) is 0 Å². The van der Waals surface area contributed by atoms with Gasteiger partial charge in [0, 0.05) is 0 Å². The number of ether oxygens (including phenoxy) is 5. The quantitative estimate of drug-likeness (QED) is 0.146. The van der Waals surface area contributed by atoms with E-state index < -0.39 is 112 Å². The molecule has 3 aliphatic rings. The second-order valence-electron chi connectivity index (χ2n) is 8.37. The average molecular weight is 504 g/mol. The maximum Gasteiger partial charge on any atom is 0.224 e. The molecule has 14 atom stereocenters. The molecular weight excluding hydrogens is 472 g/mol. The van der Waals surface area contributed by atoms with Gasteiger partial charge in [0.2, 0.25) is 5.79 Å². The summed E-state index contributed by atoms with van der Waals surface area (Å²) < 4.78 is 27.0. The van der Waals surface area contributed by atoms with Crippen molar-refractivity contribution in [3.63, 3.8) is 0 Å². The van der Waals surface area contributed by atoms with Crippen molar-refractivity contribution in [2.75, 3.05) is 26.4 Å². The first-order valence-electron chi connectivity index (χ1n) is 10.6. The summed E-state index contributed by atoms with van der Waals surface area (Å²) in [5, 5.41) is 109. The Kier molecular flexibility index (Phi) is 9.18. The maximum absolute atomic E-state index is 10.6. The summed E-state index contributed by atoms with van der Waals surface area (Å²) in [4.78, 5) is 0. The third-order valence-corrected chi connectivity index (χ3v) is 6.17. The smallest absolute Gasteiger partial charge is 0.224 e. The molecule has 0 radical (unpaired) electrons. The van der Waals surface area contributed by atoms with Crippen molar-refractivity contribution < 1.29 is 79.9 Å². The van der Waals surface area contributed by atoms with Crippen molar-refractivity contribution in [2.45, 2.75) is 85.5 Å². The van der Waals surface area contributed by atoms with E-state index in [0.717, 1.165) is 0 Å². The number of hydrogen-bond donors (Lipinski definition) is 11. The van der Waals surface area contributed by atoms with Crippen molar-refractivity contribution in [1.29, 1.82) is 0 Å². The lowest BCUT2D eigenvalue weighted by molar-refractivity contribution is -0.400. The third kappa shape index (κ3) is 4.96. The first-order valence-corrected chi connectivity index (χ1v) is 10.6. The van der Waals surface area contributed by atoms with Gasteiger partial charge in [-0.3, -0.25) is 0 Å². The van der Waals surface area contributed by atoms with E-state index in [1.807, 2.05) is 0 Å². The molecule has 34 heavy (non-hydrogen) atoms. The van der Waals surface area contributed by atoms with Crippen LogP contribution in [-0.4, -0.2) is 168 Å². The number of hydrogen-bond acceptors (Lipinski definition) is 16. The Morgan fingerprint density at radius 2 is 1.03 bits per heavy atom. The third-order valence-electron chi connectivity index (χ3n) is 6.17. The first kappa shape index (κ1) is 27.9. The number of rotatable bonds is 8. The molecule has 0 aromatic carbocycles. The van der Waals surface area contributed by atoms with Gasteiger partial charge in [-0.25, -0.2) is 0 Å². The van der Waals surface area contributed by atoms with Gasteiger partial charge in [0.15, 0.2) is 12.6 Å². The van der Waals surface area contributed by atoms with Gasteiger partial charge in [-0.2, -0.15) is 0 Å². The predicted molar refractivity (Wildman–Crippen MR) is 101 cm³/mol. The Balaban J connectivity index is 1.87. The van der Waals surface area contributed by atoms with E-state index in [2.05, 4.69) is 0 Å². The van der Waals surface area contributed by atoms with E-state index in [1.54, 1.807) is 0 Å². The summed E-state index contributed by atoms with van der Waals surface area (Å²) >= 11 is 0. The molecule has 3 rings (SSSR count). The molecule has 0 aromatic rings. The van der Waals surface area contributed by atoms with Crippen molar-refractivity contribution in [2.24, 2.45) is 0 Å². The molecule has 3 heterocycles. The lowest BCUT2D eigenvalue weighted by atomic mass is 9.98. The van der Waals surface area contributed by atoms with Crippen LogP contribution in [0.2, 0.25) is 0 Å². The van der Waals surface area contributed by atoms with Gasteiger partial charge in [0.05, 0.1) is 19.8 Å². The molecule has 200 valence electrons. The zero-order chi connectivity index (χ0) is 25.4. The lowest BCUT2D eigenvalue weighted by Gasteiger charge is -2.45. The molecule has 3 saturated heterocycles. The largest absolute Gasteiger partial charge is 0.394 e. The van der Waals surface area contributed by atoms with Crippen LogP contribution in [0.5, 0.6) is 0 Å². The van der Waals surface area contributed by atoms with E-state index in [0.29, 0.717) is 0 Å². The van der Waals surface area contributed by atoms with Crippen LogP contribution in [0.3, 0.4) is 0 Å². The summed E-state index contributed by atoms with van der Waals surface area (Å²) in [7, 11) is 0. The Labute approximate surface area is 192 Å². The van der Waals surface area contributed by atoms with Gasteiger partial charge in [-0.15, -0.1) is 0 Å². The maximum atomic E-state index is 10.6. The van der Waals surface area contributed by atoms with Crippen molar-refractivity contribution in [1.82, 2.24) is 0 Å². The minimum Gasteiger partial charge on any atom is -0.394 e. The molecule has 16 nitrogen and oxygen atoms in total. The van der Waals surface area contributed by atoms with Gasteiger partial charge in [-0.1, -0.05) is 0 Å². The van der Waals surface area contributed by atoms with E-state index >= 15 is 0 Å². The number of aliphatic hydroxyl groups is 11. The predicted octanol–water partition coefficient (Wildman–Crippen LogP) is -7.57. The molecule has 0 spiro atoms. The summed E-state index contributed by atoms with van der Waals surface area (Å²) in [6, 6.07) is 0. The van der Waals surface area contributed by atoms with Crippen molar-refractivity contribution >= 4 is 0 Å². The lowest BCUT2D eigenvalue weighted by Crippen LogP contribution is -2.64. The van der Waals surface area contributed by atoms with Gasteiger partial charge in [0.25, 0.3) is 0 Å². The van der Waals surface area contributed by atoms with E-state index in [1.165, 1.54) is 0 Å². The summed E-state index contributed by atoms with van der Waals surface area (Å²) in [6.45, 7) is -3.49. The molecule has 0 saturated carbocycles. The van der Waals surface area contributed by atoms with Gasteiger partial charge in [0.1, 0.15) is 73.8 Å². The monoisotopic (exact) mass is 504 g/mol. The summed E-state index contributed by atoms with van der Waals surface area (Å²) in [5.41, 5.74) is 0. The Morgan fingerprint density at radius 1 is 0.559 bits per heavy atom. The zero-order valence-corrected chi connectivity index (χ0v) is 17.8. The van der Waals surface area contributed by atoms with E-state index in [-0.39, 0.29) is 0 Å². The minimum atomic E-state index is -2.43. The van der Waals surface area contributed by atoms with Gasteiger partial charge < -0.3 is 79.9 Å². The molecule has 3 fully saturated rings. The molecule has 11 N–H and O–H groups in total. The summed E-state index contributed by atoms with van der Waals surface area (Å²) in [5.74, 6) is -2.43. The zero-order valence-electron chi connectivity index (χ0n) is 17.8. The second kappa shape index (κ2) is 11.2. The number of aliphatic hydroxyl groups excluding tert-OH is 11. The second-order valence-corrected chi connectivity index (χ2v) is 8.37. The molecule has 0 aliphatic carbocycles. The topological polar surface area (TPSA) is 269 Å². The van der Waals surface area contributed by atoms with Crippen LogP contribution >= 0.6 is 0 Å². The molecule has 0 aromatic heterocycles. The molecule has 0 amide bonds. The SMILES string of the molecule is OC[C@@H]1O[C@H](O[C@@H]2[C@H](O)[C@H](CO)O[C@@]2(CO)O[C@@H]2O[C@H](CO)[C@H](O)[C@H](O)[C@@H]2O)[C@@H](O)[C@H](O)[C@H]1O. The summed E-state index contributed by atoms with van der Waals surface area (Å²) in [6.07, 6.45) is -22.3. The molecule has 16 heteroatoms. The van der Waals surface area contributed by atoms with E-state index in [4.69, 9.17) is 23.7 Å². The fourth-order valence-electron chi connectivity index (χ4n) is 4.12. The molecular formula is C18H32O16. The van der Waals surface area contributed by atoms with Crippen LogP contribution in [0, 0.1) is 0 Å². The standard InChI is InChI=1S/C18H32O16/c19-1-5-8(23)11(26)13(28)16(30-5)32-15-10(25)7(3-21)33-18(15,4-22)34-17-14(29)12(27)9(24)6(2-20)31-17/h5-17,19-29H,1-4H2/t5-,6+,7-,8-,9-,10+,11+,12-,13-,14-,15+,16+,17-,18-/m0/s1. The highest BCUT2D eigenvalue weighted by Crippen LogP contribution is 2.39. The Bertz CT molecular complexity index is 651. The van der Waals surface area contributed by atoms with Crippen LogP contribution in [-0.2, 0) is 23.7 Å². The van der Waals surface area contributed by atoms with E-state index in [9.17, 15) is 56.2 Å². The normalized spacial score (nSPS) is 52.1. The fraction of sp³-hybridized carbons (Fsp3) is 1.00. The Hall–Kier alpha value is -0.640. The highest BCUT2D eigenvalue weighted by Gasteiger charge is 2.61. The Morgan fingerprint density at radius 3 is 1.50 bits per heavy atom. The van der Waals surface area contributed by atoms with Crippen molar-refractivity contribution in [3.8, 4) is 0 Å². The molecule has 3 aliphatic heterocycles. The highest BCUT2D eigenvalue weighted by atomic mass is 16.8. The van der Waals surface area contributed by atoms with Crippen LogP contribution in [0.1, 0.15) is 0 Å². The highest BCUT2D eigenvalue weighted by molar-refractivity contribution is 5.01. The van der Waals surface area contributed by atoms with Crippen LogP contribution in [0.4, 0.5) is 0 Å². The minimum absolute atomic E-state index is 0.777. The van der Waals surface area contributed by atoms with Crippen LogP contribution in [0.15, 0.2) is 0 Å². The average Bonchev–Trinajstić information content (AvgIpc) is 3.10. The van der Waals surface area contributed by atoms with Gasteiger partial charge >= 0.3 is 0 Å². The molecule has 0 bridgehead atoms.